The summed E-state index contributed by atoms with van der Waals surface area (Å²) in [4.78, 5) is 2.46. The minimum absolute atomic E-state index is 0.178. The molecule has 1 aliphatic heterocycles. The number of benzene rings is 1. The van der Waals surface area contributed by atoms with Gasteiger partial charge in [0, 0.05) is 19.1 Å². The van der Waals surface area contributed by atoms with Gasteiger partial charge in [0.2, 0.25) is 0 Å². The van der Waals surface area contributed by atoms with Crippen molar-refractivity contribution in [3.63, 3.8) is 0 Å². The van der Waals surface area contributed by atoms with Gasteiger partial charge in [0.15, 0.2) is 0 Å². The lowest BCUT2D eigenvalue weighted by Crippen LogP contribution is -2.31. The Hall–Kier alpha value is -0.930. The quantitative estimate of drug-likeness (QED) is 0.835. The molecule has 0 saturated carbocycles. The number of hydrogen-bond acceptors (Lipinski definition) is 2. The standard InChI is InChI=1S/C7H16N2.C6H5F/c1-7-3-2-5-9(7)6-4-8;7-6-4-2-1-3-5-6/h7H,2-6,8H2,1H3;1-5H. The van der Waals surface area contributed by atoms with E-state index in [9.17, 15) is 4.39 Å². The van der Waals surface area contributed by atoms with Gasteiger partial charge in [-0.3, -0.25) is 4.90 Å². The highest BCUT2D eigenvalue weighted by Crippen LogP contribution is 2.14. The van der Waals surface area contributed by atoms with Crippen LogP contribution in [-0.4, -0.2) is 30.6 Å². The first-order chi connectivity index (χ1) is 7.74. The van der Waals surface area contributed by atoms with Crippen LogP contribution >= 0.6 is 0 Å². The van der Waals surface area contributed by atoms with E-state index < -0.39 is 0 Å². The first-order valence-corrected chi connectivity index (χ1v) is 5.88. The fourth-order valence-corrected chi connectivity index (χ4v) is 1.91. The third-order valence-electron chi connectivity index (χ3n) is 2.84. The Morgan fingerprint density at radius 2 is 2.06 bits per heavy atom. The van der Waals surface area contributed by atoms with Gasteiger partial charge in [-0.05, 0) is 38.4 Å². The van der Waals surface area contributed by atoms with Gasteiger partial charge in [0.05, 0.1) is 0 Å². The van der Waals surface area contributed by atoms with E-state index in [1.807, 2.05) is 0 Å². The van der Waals surface area contributed by atoms with E-state index in [0.717, 1.165) is 19.1 Å². The smallest absolute Gasteiger partial charge is 0.123 e. The van der Waals surface area contributed by atoms with Crippen LogP contribution in [0.5, 0.6) is 0 Å². The summed E-state index contributed by atoms with van der Waals surface area (Å²) in [6.45, 7) is 5.44. The largest absolute Gasteiger partial charge is 0.329 e. The van der Waals surface area contributed by atoms with Crippen molar-refractivity contribution in [1.82, 2.24) is 4.90 Å². The summed E-state index contributed by atoms with van der Waals surface area (Å²) in [5.41, 5.74) is 5.43. The van der Waals surface area contributed by atoms with E-state index in [-0.39, 0.29) is 5.82 Å². The number of nitrogens with two attached hydrogens (primary N) is 1. The predicted molar refractivity (Wildman–Crippen MR) is 65.7 cm³/mol. The third-order valence-corrected chi connectivity index (χ3v) is 2.84. The first-order valence-electron chi connectivity index (χ1n) is 5.88. The fraction of sp³-hybridized carbons (Fsp3) is 0.538. The molecule has 2 nitrogen and oxygen atoms in total. The Balaban J connectivity index is 0.000000165. The Morgan fingerprint density at radius 3 is 2.44 bits per heavy atom. The molecule has 1 atom stereocenters. The van der Waals surface area contributed by atoms with E-state index in [4.69, 9.17) is 5.73 Å². The highest BCUT2D eigenvalue weighted by Gasteiger charge is 2.18. The van der Waals surface area contributed by atoms with Crippen molar-refractivity contribution in [3.8, 4) is 0 Å². The monoisotopic (exact) mass is 224 g/mol. The van der Waals surface area contributed by atoms with Crippen LogP contribution < -0.4 is 5.73 Å². The van der Waals surface area contributed by atoms with E-state index in [2.05, 4.69) is 11.8 Å². The molecule has 1 aliphatic rings. The van der Waals surface area contributed by atoms with Gasteiger partial charge in [-0.1, -0.05) is 18.2 Å². The lowest BCUT2D eigenvalue weighted by molar-refractivity contribution is 0.276. The van der Waals surface area contributed by atoms with Crippen LogP contribution in [0, 0.1) is 5.82 Å². The highest BCUT2D eigenvalue weighted by atomic mass is 19.1. The zero-order valence-electron chi connectivity index (χ0n) is 9.90. The maximum atomic E-state index is 11.9. The number of likely N-dealkylation sites (tertiary alicyclic amines) is 1. The van der Waals surface area contributed by atoms with Crippen molar-refractivity contribution < 1.29 is 4.39 Å². The maximum Gasteiger partial charge on any atom is 0.123 e. The van der Waals surface area contributed by atoms with Crippen molar-refractivity contribution in [3.05, 3.63) is 36.1 Å². The molecular formula is C13H21FN2. The summed E-state index contributed by atoms with van der Waals surface area (Å²) in [6.07, 6.45) is 2.72. The van der Waals surface area contributed by atoms with Crippen LogP contribution in [0.4, 0.5) is 4.39 Å². The molecule has 0 bridgehead atoms. The van der Waals surface area contributed by atoms with Crippen molar-refractivity contribution >= 4 is 0 Å². The molecule has 0 aliphatic carbocycles. The molecule has 1 fully saturated rings. The van der Waals surface area contributed by atoms with E-state index in [1.165, 1.54) is 31.5 Å². The number of halogens is 1. The second kappa shape index (κ2) is 7.36. The summed E-state index contributed by atoms with van der Waals surface area (Å²) in [7, 11) is 0. The van der Waals surface area contributed by atoms with Crippen molar-refractivity contribution in [2.75, 3.05) is 19.6 Å². The summed E-state index contributed by atoms with van der Waals surface area (Å²) in [5, 5.41) is 0. The molecule has 90 valence electrons. The SMILES string of the molecule is CC1CCCN1CCN.Fc1ccccc1. The second-order valence-corrected chi connectivity index (χ2v) is 4.11. The Kier molecular flexibility index (Phi) is 6.04. The molecule has 16 heavy (non-hydrogen) atoms. The molecule has 2 N–H and O–H groups in total. The molecule has 2 rings (SSSR count). The number of hydrogen-bond donors (Lipinski definition) is 1. The van der Waals surface area contributed by atoms with Crippen molar-refractivity contribution in [2.24, 2.45) is 5.73 Å². The van der Waals surface area contributed by atoms with E-state index in [1.54, 1.807) is 18.2 Å². The van der Waals surface area contributed by atoms with Crippen LogP contribution in [0.2, 0.25) is 0 Å². The third kappa shape index (κ3) is 4.73. The molecule has 1 heterocycles. The Labute approximate surface area is 97.3 Å². The highest BCUT2D eigenvalue weighted by molar-refractivity contribution is 5.02. The van der Waals surface area contributed by atoms with Crippen molar-refractivity contribution in [1.29, 1.82) is 0 Å². The lowest BCUT2D eigenvalue weighted by atomic mass is 10.2. The van der Waals surface area contributed by atoms with Crippen molar-refractivity contribution in [2.45, 2.75) is 25.8 Å². The first kappa shape index (κ1) is 13.1. The van der Waals surface area contributed by atoms with Gasteiger partial charge in [-0.15, -0.1) is 0 Å². The van der Waals surface area contributed by atoms with Gasteiger partial charge >= 0.3 is 0 Å². The van der Waals surface area contributed by atoms with Crippen LogP contribution in [-0.2, 0) is 0 Å². The topological polar surface area (TPSA) is 29.3 Å². The molecule has 0 radical (unpaired) electrons. The average Bonchev–Trinajstić information content (AvgIpc) is 2.67. The molecule has 0 aromatic heterocycles. The Morgan fingerprint density at radius 1 is 1.38 bits per heavy atom. The number of nitrogens with zero attached hydrogens (tertiary/aromatic N) is 1. The summed E-state index contributed by atoms with van der Waals surface area (Å²) in [6, 6.07) is 8.72. The molecule has 1 saturated heterocycles. The molecule has 3 heteroatoms. The molecule has 1 unspecified atom stereocenters. The van der Waals surface area contributed by atoms with Crippen LogP contribution in [0.3, 0.4) is 0 Å². The summed E-state index contributed by atoms with van der Waals surface area (Å²) in [5.74, 6) is -0.178. The van der Waals surface area contributed by atoms with E-state index in [0.29, 0.717) is 0 Å². The summed E-state index contributed by atoms with van der Waals surface area (Å²) >= 11 is 0. The van der Waals surface area contributed by atoms with Gasteiger partial charge < -0.3 is 5.73 Å². The zero-order valence-corrected chi connectivity index (χ0v) is 9.90. The van der Waals surface area contributed by atoms with Crippen LogP contribution in [0.25, 0.3) is 0 Å². The normalized spacial score (nSPS) is 20.3. The Bertz CT molecular complexity index is 277. The lowest BCUT2D eigenvalue weighted by Gasteiger charge is -2.19. The molecule has 1 aromatic carbocycles. The van der Waals surface area contributed by atoms with Gasteiger partial charge in [-0.25, -0.2) is 4.39 Å². The average molecular weight is 224 g/mol. The molecule has 0 amide bonds. The van der Waals surface area contributed by atoms with Crippen LogP contribution in [0.15, 0.2) is 30.3 Å². The summed E-state index contributed by atoms with van der Waals surface area (Å²) < 4.78 is 11.9. The van der Waals surface area contributed by atoms with Crippen LogP contribution in [0.1, 0.15) is 19.8 Å². The zero-order chi connectivity index (χ0) is 11.8. The fourth-order valence-electron chi connectivity index (χ4n) is 1.91. The predicted octanol–water partition coefficient (Wildman–Crippen LogP) is 2.26. The maximum absolute atomic E-state index is 11.9. The van der Waals surface area contributed by atoms with E-state index >= 15 is 0 Å². The second-order valence-electron chi connectivity index (χ2n) is 4.11. The molecule has 1 aromatic rings. The van der Waals surface area contributed by atoms with Gasteiger partial charge in [0.25, 0.3) is 0 Å². The minimum Gasteiger partial charge on any atom is -0.329 e. The van der Waals surface area contributed by atoms with Gasteiger partial charge in [0.1, 0.15) is 5.82 Å². The molecule has 0 spiro atoms. The van der Waals surface area contributed by atoms with Gasteiger partial charge in [-0.2, -0.15) is 0 Å². The molecular weight excluding hydrogens is 203 g/mol. The minimum atomic E-state index is -0.178. The number of rotatable bonds is 2.